The molecule has 2 aromatic carbocycles. The van der Waals surface area contributed by atoms with Crippen LogP contribution in [0.5, 0.6) is 5.75 Å². The number of aliphatic hydroxyl groups excluding tert-OH is 1. The highest BCUT2D eigenvalue weighted by molar-refractivity contribution is 5.89. The maximum Gasteiger partial charge on any atom is 0.186 e. The molecule has 0 radical (unpaired) electrons. The average Bonchev–Trinajstić information content (AvgIpc) is 2.37. The Balaban J connectivity index is 2.35. The van der Waals surface area contributed by atoms with E-state index in [1.165, 1.54) is 0 Å². The molecule has 0 saturated heterocycles. The van der Waals surface area contributed by atoms with E-state index in [-0.39, 0.29) is 6.79 Å². The van der Waals surface area contributed by atoms with Crippen molar-refractivity contribution in [3.8, 4) is 5.75 Å². The number of fused-ring (bicyclic) bond motifs is 2. The van der Waals surface area contributed by atoms with Gasteiger partial charge in [0.25, 0.3) is 0 Å². The van der Waals surface area contributed by atoms with Crippen molar-refractivity contribution in [3.05, 3.63) is 42.5 Å². The lowest BCUT2D eigenvalue weighted by atomic mass is 10.2. The van der Waals surface area contributed by atoms with Crippen LogP contribution in [-0.4, -0.2) is 21.9 Å². The van der Waals surface area contributed by atoms with Crippen molar-refractivity contribution >= 4 is 22.1 Å². The van der Waals surface area contributed by atoms with E-state index in [0.717, 1.165) is 16.6 Å². The van der Waals surface area contributed by atoms with Gasteiger partial charge in [-0.1, -0.05) is 18.2 Å². The highest BCUT2D eigenvalue weighted by Gasteiger charge is 2.06. The Morgan fingerprint density at radius 1 is 0.882 bits per heavy atom. The summed E-state index contributed by atoms with van der Waals surface area (Å²) < 4.78 is 5.12. The van der Waals surface area contributed by atoms with E-state index in [2.05, 4.69) is 9.97 Å². The number of aromatic nitrogens is 2. The first-order valence-electron chi connectivity index (χ1n) is 5.27. The lowest BCUT2D eigenvalue weighted by Crippen LogP contribution is -1.97. The lowest BCUT2D eigenvalue weighted by molar-refractivity contribution is 0.0998. The summed E-state index contributed by atoms with van der Waals surface area (Å²) in [6.07, 6.45) is 0. The van der Waals surface area contributed by atoms with Gasteiger partial charge in [0.15, 0.2) is 6.79 Å². The molecule has 0 aliphatic heterocycles. The van der Waals surface area contributed by atoms with Crippen molar-refractivity contribution in [2.45, 2.75) is 0 Å². The number of para-hydroxylation sites is 3. The van der Waals surface area contributed by atoms with E-state index in [1.54, 1.807) is 6.07 Å². The van der Waals surface area contributed by atoms with Crippen LogP contribution in [0.3, 0.4) is 0 Å². The fourth-order valence-corrected chi connectivity index (χ4v) is 1.80. The van der Waals surface area contributed by atoms with E-state index in [1.807, 2.05) is 36.4 Å². The van der Waals surface area contributed by atoms with E-state index >= 15 is 0 Å². The molecule has 0 spiro atoms. The zero-order chi connectivity index (χ0) is 11.7. The second-order valence-corrected chi connectivity index (χ2v) is 3.61. The number of benzene rings is 2. The van der Waals surface area contributed by atoms with Crippen LogP contribution in [0.4, 0.5) is 0 Å². The van der Waals surface area contributed by atoms with Gasteiger partial charge in [-0.3, -0.25) is 0 Å². The molecule has 0 bridgehead atoms. The summed E-state index contributed by atoms with van der Waals surface area (Å²) in [6.45, 7) is -0.367. The van der Waals surface area contributed by atoms with Crippen LogP contribution >= 0.6 is 0 Å². The Bertz CT molecular complexity index is 682. The molecule has 1 heterocycles. The Labute approximate surface area is 97.5 Å². The van der Waals surface area contributed by atoms with Crippen molar-refractivity contribution in [3.63, 3.8) is 0 Å². The molecule has 1 aromatic heterocycles. The topological polar surface area (TPSA) is 55.2 Å². The number of hydrogen-bond donors (Lipinski definition) is 1. The molecule has 3 aromatic rings. The van der Waals surface area contributed by atoms with E-state index < -0.39 is 0 Å². The summed E-state index contributed by atoms with van der Waals surface area (Å²) in [6, 6.07) is 13.1. The van der Waals surface area contributed by atoms with Gasteiger partial charge in [-0.05, 0) is 24.3 Å². The van der Waals surface area contributed by atoms with Crippen LogP contribution in [0, 0.1) is 0 Å². The van der Waals surface area contributed by atoms with Gasteiger partial charge in [-0.25, -0.2) is 9.97 Å². The monoisotopic (exact) mass is 226 g/mol. The largest absolute Gasteiger partial charge is 0.465 e. The molecule has 0 atom stereocenters. The number of rotatable bonds is 2. The van der Waals surface area contributed by atoms with Crippen LogP contribution < -0.4 is 4.74 Å². The summed E-state index contributed by atoms with van der Waals surface area (Å²) in [4.78, 5) is 8.99. The van der Waals surface area contributed by atoms with Crippen molar-refractivity contribution in [1.82, 2.24) is 9.97 Å². The maximum atomic E-state index is 8.82. The molecule has 0 aliphatic rings. The number of aliphatic hydroxyl groups is 1. The van der Waals surface area contributed by atoms with E-state index in [0.29, 0.717) is 11.3 Å². The first-order valence-corrected chi connectivity index (χ1v) is 5.27. The zero-order valence-electron chi connectivity index (χ0n) is 9.00. The standard InChI is InChI=1S/C13H10N2O2/c16-8-17-12-7-3-6-11-13(12)15-10-5-2-1-4-9(10)14-11/h1-7,16H,8H2. The second kappa shape index (κ2) is 3.99. The molecule has 0 aliphatic carbocycles. The van der Waals surface area contributed by atoms with Gasteiger partial charge >= 0.3 is 0 Å². The predicted molar refractivity (Wildman–Crippen MR) is 64.8 cm³/mol. The van der Waals surface area contributed by atoms with Crippen molar-refractivity contribution in [2.75, 3.05) is 6.79 Å². The molecule has 0 saturated carbocycles. The third-order valence-corrected chi connectivity index (χ3v) is 2.55. The summed E-state index contributed by atoms with van der Waals surface area (Å²) >= 11 is 0. The van der Waals surface area contributed by atoms with Crippen LogP contribution in [0.25, 0.3) is 22.1 Å². The van der Waals surface area contributed by atoms with Gasteiger partial charge in [-0.2, -0.15) is 0 Å². The van der Waals surface area contributed by atoms with Gasteiger partial charge < -0.3 is 9.84 Å². The number of hydrogen-bond acceptors (Lipinski definition) is 4. The van der Waals surface area contributed by atoms with E-state index in [4.69, 9.17) is 9.84 Å². The normalized spacial score (nSPS) is 10.9. The Kier molecular flexibility index (Phi) is 2.34. The molecule has 0 fully saturated rings. The SMILES string of the molecule is OCOc1cccc2nc3ccccc3nc12. The molecule has 84 valence electrons. The number of nitrogens with zero attached hydrogens (tertiary/aromatic N) is 2. The summed E-state index contributed by atoms with van der Waals surface area (Å²) in [5, 5.41) is 8.82. The van der Waals surface area contributed by atoms with Crippen molar-refractivity contribution in [2.24, 2.45) is 0 Å². The van der Waals surface area contributed by atoms with Gasteiger partial charge in [0.2, 0.25) is 0 Å². The van der Waals surface area contributed by atoms with Gasteiger partial charge in [0, 0.05) is 0 Å². The Hall–Kier alpha value is -2.20. The maximum absolute atomic E-state index is 8.82. The Morgan fingerprint density at radius 3 is 2.35 bits per heavy atom. The van der Waals surface area contributed by atoms with Gasteiger partial charge in [-0.15, -0.1) is 0 Å². The van der Waals surface area contributed by atoms with Gasteiger partial charge in [0.1, 0.15) is 11.3 Å². The molecule has 4 heteroatoms. The fraction of sp³-hybridized carbons (Fsp3) is 0.0769. The summed E-state index contributed by atoms with van der Waals surface area (Å²) in [5.41, 5.74) is 3.09. The first kappa shape index (κ1) is 9.99. The van der Waals surface area contributed by atoms with Crippen molar-refractivity contribution in [1.29, 1.82) is 0 Å². The second-order valence-electron chi connectivity index (χ2n) is 3.61. The minimum atomic E-state index is -0.367. The van der Waals surface area contributed by atoms with E-state index in [9.17, 15) is 0 Å². The smallest absolute Gasteiger partial charge is 0.186 e. The molecule has 3 rings (SSSR count). The minimum Gasteiger partial charge on any atom is -0.465 e. The quantitative estimate of drug-likeness (QED) is 0.537. The highest BCUT2D eigenvalue weighted by Crippen LogP contribution is 2.24. The molecule has 4 nitrogen and oxygen atoms in total. The first-order chi connectivity index (χ1) is 8.38. The molecule has 1 N–H and O–H groups in total. The Morgan fingerprint density at radius 2 is 1.59 bits per heavy atom. The third kappa shape index (κ3) is 1.68. The molecule has 17 heavy (non-hydrogen) atoms. The molecule has 0 amide bonds. The minimum absolute atomic E-state index is 0.367. The van der Waals surface area contributed by atoms with Crippen LogP contribution in [0.15, 0.2) is 42.5 Å². The van der Waals surface area contributed by atoms with Crippen molar-refractivity contribution < 1.29 is 9.84 Å². The zero-order valence-corrected chi connectivity index (χ0v) is 9.00. The summed E-state index contributed by atoms with van der Waals surface area (Å²) in [7, 11) is 0. The lowest BCUT2D eigenvalue weighted by Gasteiger charge is -2.06. The van der Waals surface area contributed by atoms with Gasteiger partial charge in [0.05, 0.1) is 16.6 Å². The fourth-order valence-electron chi connectivity index (χ4n) is 1.80. The summed E-state index contributed by atoms with van der Waals surface area (Å²) in [5.74, 6) is 0.545. The third-order valence-electron chi connectivity index (χ3n) is 2.55. The number of ether oxygens (including phenoxy) is 1. The molecular formula is C13H10N2O2. The average molecular weight is 226 g/mol. The highest BCUT2D eigenvalue weighted by atomic mass is 16.6. The van der Waals surface area contributed by atoms with Crippen LogP contribution in [-0.2, 0) is 0 Å². The van der Waals surface area contributed by atoms with Crippen LogP contribution in [0.1, 0.15) is 0 Å². The molecular weight excluding hydrogens is 216 g/mol. The predicted octanol–water partition coefficient (Wildman–Crippen LogP) is 2.11. The molecule has 0 unspecified atom stereocenters. The van der Waals surface area contributed by atoms with Crippen LogP contribution in [0.2, 0.25) is 0 Å².